The van der Waals surface area contributed by atoms with Gasteiger partial charge in [0.25, 0.3) is 0 Å². The number of thiophene rings is 1. The van der Waals surface area contributed by atoms with Crippen LogP contribution < -0.4 is 0 Å². The number of ketones is 1. The fourth-order valence-corrected chi connectivity index (χ4v) is 2.31. The molecule has 0 amide bonds. The van der Waals surface area contributed by atoms with Gasteiger partial charge in [0.15, 0.2) is 5.78 Å². The quantitative estimate of drug-likeness (QED) is 0.655. The molecule has 1 aromatic heterocycles. The fraction of sp³-hybridized carbons (Fsp3) is 0.182. The zero-order valence-corrected chi connectivity index (χ0v) is 8.17. The molecule has 2 heteroatoms. The Kier molecular flexibility index (Phi) is 2.15. The van der Waals surface area contributed by atoms with E-state index >= 15 is 0 Å². The van der Waals surface area contributed by atoms with E-state index in [2.05, 4.69) is 12.2 Å². The molecule has 0 aromatic carbocycles. The summed E-state index contributed by atoms with van der Waals surface area (Å²) in [7, 11) is 0. The molecule has 0 bridgehead atoms. The van der Waals surface area contributed by atoms with Gasteiger partial charge in [-0.2, -0.15) is 0 Å². The minimum atomic E-state index is 0.155. The predicted molar refractivity (Wildman–Crippen MR) is 55.3 cm³/mol. The van der Waals surface area contributed by atoms with Crippen molar-refractivity contribution >= 4 is 17.1 Å². The van der Waals surface area contributed by atoms with E-state index in [0.717, 1.165) is 4.88 Å². The van der Waals surface area contributed by atoms with E-state index in [0.29, 0.717) is 5.92 Å². The van der Waals surface area contributed by atoms with Gasteiger partial charge in [0.1, 0.15) is 0 Å². The zero-order valence-electron chi connectivity index (χ0n) is 7.36. The zero-order chi connectivity index (χ0) is 9.26. The van der Waals surface area contributed by atoms with Gasteiger partial charge in [-0.15, -0.1) is 11.3 Å². The number of carbonyl (C=O) groups excluding carboxylic acids is 1. The third kappa shape index (κ3) is 1.63. The van der Waals surface area contributed by atoms with Crippen LogP contribution in [0.1, 0.15) is 27.4 Å². The molecule has 0 unspecified atom stereocenters. The lowest BCUT2D eigenvalue weighted by Crippen LogP contribution is -1.84. The molecule has 66 valence electrons. The second kappa shape index (κ2) is 3.30. The number of Topliss-reactive ketones (excluding diaryl/α,β-unsaturated/α-hetero) is 1. The highest BCUT2D eigenvalue weighted by molar-refractivity contribution is 7.14. The molecule has 1 aliphatic carbocycles. The first-order valence-corrected chi connectivity index (χ1v) is 5.04. The van der Waals surface area contributed by atoms with E-state index in [4.69, 9.17) is 0 Å². The summed E-state index contributed by atoms with van der Waals surface area (Å²) in [5.74, 6) is 0.542. The summed E-state index contributed by atoms with van der Waals surface area (Å²) in [5, 5.41) is 0. The molecular weight excluding hydrogens is 180 g/mol. The Hall–Kier alpha value is -1.15. The number of hydrogen-bond donors (Lipinski definition) is 0. The SMILES string of the molecule is CC(=O)c1ccc(C2C=CC=C2)s1. The van der Waals surface area contributed by atoms with Crippen molar-refractivity contribution in [1.82, 2.24) is 0 Å². The van der Waals surface area contributed by atoms with Crippen LogP contribution in [-0.4, -0.2) is 5.78 Å². The van der Waals surface area contributed by atoms with Gasteiger partial charge in [-0.25, -0.2) is 0 Å². The standard InChI is InChI=1S/C11H10OS/c1-8(12)10-6-7-11(13-10)9-4-2-3-5-9/h2-7,9H,1H3. The summed E-state index contributed by atoms with van der Waals surface area (Å²) >= 11 is 1.59. The van der Waals surface area contributed by atoms with E-state index in [1.54, 1.807) is 18.3 Å². The number of allylic oxidation sites excluding steroid dienone is 4. The second-order valence-electron chi connectivity index (χ2n) is 3.05. The Morgan fingerprint density at radius 1 is 1.31 bits per heavy atom. The monoisotopic (exact) mass is 190 g/mol. The van der Waals surface area contributed by atoms with Crippen molar-refractivity contribution in [2.45, 2.75) is 12.8 Å². The molecule has 0 radical (unpaired) electrons. The van der Waals surface area contributed by atoms with Gasteiger partial charge in [0.05, 0.1) is 4.88 Å². The third-order valence-corrected chi connectivity index (χ3v) is 3.34. The summed E-state index contributed by atoms with van der Waals surface area (Å²) in [6.45, 7) is 1.61. The topological polar surface area (TPSA) is 17.1 Å². The Morgan fingerprint density at radius 3 is 2.54 bits per heavy atom. The molecule has 1 nitrogen and oxygen atoms in total. The largest absolute Gasteiger partial charge is 0.294 e. The normalized spacial score (nSPS) is 15.5. The van der Waals surface area contributed by atoms with Gasteiger partial charge in [-0.3, -0.25) is 4.79 Å². The van der Waals surface area contributed by atoms with Gasteiger partial charge in [0, 0.05) is 10.8 Å². The van der Waals surface area contributed by atoms with Crippen LogP contribution >= 0.6 is 11.3 Å². The first-order valence-electron chi connectivity index (χ1n) is 4.23. The van der Waals surface area contributed by atoms with Gasteiger partial charge >= 0.3 is 0 Å². The molecule has 1 aromatic rings. The molecule has 0 saturated heterocycles. The summed E-state index contributed by atoms with van der Waals surface area (Å²) in [6.07, 6.45) is 8.35. The van der Waals surface area contributed by atoms with Crippen LogP contribution in [0.5, 0.6) is 0 Å². The molecule has 1 aliphatic rings. The maximum Gasteiger partial charge on any atom is 0.169 e. The Morgan fingerprint density at radius 2 is 2.00 bits per heavy atom. The van der Waals surface area contributed by atoms with Crippen LogP contribution in [0.2, 0.25) is 0 Å². The smallest absolute Gasteiger partial charge is 0.169 e. The second-order valence-corrected chi connectivity index (χ2v) is 4.17. The van der Waals surface area contributed by atoms with Crippen LogP contribution in [0.15, 0.2) is 36.4 Å². The van der Waals surface area contributed by atoms with Crippen LogP contribution in [0.25, 0.3) is 0 Å². The molecule has 13 heavy (non-hydrogen) atoms. The lowest BCUT2D eigenvalue weighted by molar-refractivity contribution is 0.102. The first kappa shape index (κ1) is 8.45. The minimum absolute atomic E-state index is 0.155. The van der Waals surface area contributed by atoms with Crippen molar-refractivity contribution in [1.29, 1.82) is 0 Å². The lowest BCUT2D eigenvalue weighted by Gasteiger charge is -1.98. The van der Waals surface area contributed by atoms with E-state index < -0.39 is 0 Å². The predicted octanol–water partition coefficient (Wildman–Crippen LogP) is 3.16. The van der Waals surface area contributed by atoms with E-state index in [1.165, 1.54) is 4.88 Å². The van der Waals surface area contributed by atoms with Crippen molar-refractivity contribution in [3.05, 3.63) is 46.2 Å². The summed E-state index contributed by atoms with van der Waals surface area (Å²) in [6, 6.07) is 3.94. The third-order valence-electron chi connectivity index (χ3n) is 2.05. The first-order chi connectivity index (χ1) is 6.27. The van der Waals surface area contributed by atoms with Crippen molar-refractivity contribution in [3.63, 3.8) is 0 Å². The van der Waals surface area contributed by atoms with Crippen molar-refractivity contribution in [2.75, 3.05) is 0 Å². The maximum absolute atomic E-state index is 11.0. The summed E-state index contributed by atoms with van der Waals surface area (Å²) < 4.78 is 0. The molecule has 2 rings (SSSR count). The highest BCUT2D eigenvalue weighted by Crippen LogP contribution is 2.29. The van der Waals surface area contributed by atoms with Crippen LogP contribution in [0, 0.1) is 0 Å². The van der Waals surface area contributed by atoms with Crippen molar-refractivity contribution < 1.29 is 4.79 Å². The molecule has 0 spiro atoms. The molecule has 0 saturated carbocycles. The Bertz CT molecular complexity index is 373. The van der Waals surface area contributed by atoms with Crippen LogP contribution in [0.3, 0.4) is 0 Å². The number of carbonyl (C=O) groups is 1. The summed E-state index contributed by atoms with van der Waals surface area (Å²) in [4.78, 5) is 13.1. The van der Waals surface area contributed by atoms with Crippen molar-refractivity contribution in [3.8, 4) is 0 Å². The van der Waals surface area contributed by atoms with E-state index in [-0.39, 0.29) is 5.78 Å². The molecule has 0 aliphatic heterocycles. The average molecular weight is 190 g/mol. The highest BCUT2D eigenvalue weighted by Gasteiger charge is 2.11. The molecule has 0 atom stereocenters. The molecule has 0 fully saturated rings. The number of rotatable bonds is 2. The minimum Gasteiger partial charge on any atom is -0.294 e. The van der Waals surface area contributed by atoms with Gasteiger partial charge in [-0.05, 0) is 19.1 Å². The molecule has 0 N–H and O–H groups in total. The fourth-order valence-electron chi connectivity index (χ4n) is 1.34. The van der Waals surface area contributed by atoms with Crippen LogP contribution in [0.4, 0.5) is 0 Å². The van der Waals surface area contributed by atoms with Gasteiger partial charge < -0.3 is 0 Å². The summed E-state index contributed by atoms with van der Waals surface area (Å²) in [5.41, 5.74) is 0. The Labute approximate surface area is 81.4 Å². The van der Waals surface area contributed by atoms with E-state index in [1.807, 2.05) is 24.3 Å². The Balaban J connectivity index is 2.27. The van der Waals surface area contributed by atoms with Gasteiger partial charge in [0.2, 0.25) is 0 Å². The van der Waals surface area contributed by atoms with Crippen LogP contribution in [-0.2, 0) is 0 Å². The van der Waals surface area contributed by atoms with Crippen molar-refractivity contribution in [2.24, 2.45) is 0 Å². The average Bonchev–Trinajstić information content (AvgIpc) is 2.75. The lowest BCUT2D eigenvalue weighted by atomic mass is 10.1. The maximum atomic E-state index is 11.0. The molecule has 1 heterocycles. The van der Waals surface area contributed by atoms with E-state index in [9.17, 15) is 4.79 Å². The molecular formula is C11H10OS. The number of hydrogen-bond acceptors (Lipinski definition) is 2. The van der Waals surface area contributed by atoms with Gasteiger partial charge in [-0.1, -0.05) is 24.3 Å². The highest BCUT2D eigenvalue weighted by atomic mass is 32.1.